The number of oxazole rings is 1. The quantitative estimate of drug-likeness (QED) is 0.522. The topological polar surface area (TPSA) is 99.9 Å². The Morgan fingerprint density at radius 1 is 1.28 bits per heavy atom. The molecule has 0 fully saturated rings. The largest absolute Gasteiger partial charge is 0.497 e. The van der Waals surface area contributed by atoms with Crippen molar-refractivity contribution >= 4 is 16.7 Å². The number of methoxy groups -OCH3 is 1. The normalized spacial score (nSPS) is 12.2. The highest BCUT2D eigenvalue weighted by Crippen LogP contribution is 2.25. The Balaban J connectivity index is 1.91. The summed E-state index contributed by atoms with van der Waals surface area (Å²) in [4.78, 5) is 16.5. The highest BCUT2D eigenvalue weighted by Gasteiger charge is 2.17. The minimum Gasteiger partial charge on any atom is -0.497 e. The molecule has 0 aliphatic carbocycles. The fraction of sp³-hybridized carbons (Fsp3) is 0.500. The van der Waals surface area contributed by atoms with Gasteiger partial charge in [-0.15, -0.1) is 0 Å². The summed E-state index contributed by atoms with van der Waals surface area (Å²) in [6.07, 6.45) is -0.509. The summed E-state index contributed by atoms with van der Waals surface area (Å²) in [5, 5.41) is 2.69. The highest BCUT2D eigenvalue weighted by molar-refractivity contribution is 7.84. The first-order valence-electron chi connectivity index (χ1n) is 9.42. The Morgan fingerprint density at radius 3 is 2.66 bits per heavy atom. The maximum absolute atomic E-state index is 12.4. The van der Waals surface area contributed by atoms with E-state index in [0.29, 0.717) is 36.3 Å². The molecule has 160 valence electrons. The summed E-state index contributed by atoms with van der Waals surface area (Å²) < 4.78 is 34.1. The van der Waals surface area contributed by atoms with Crippen LogP contribution in [0.15, 0.2) is 28.7 Å². The lowest BCUT2D eigenvalue weighted by Crippen LogP contribution is -2.37. The number of rotatable bonds is 12. The molecule has 0 bridgehead atoms. The summed E-state index contributed by atoms with van der Waals surface area (Å²) in [6, 6.07) is 7.34. The van der Waals surface area contributed by atoms with Crippen LogP contribution >= 0.6 is 0 Å². The molecule has 1 atom stereocenters. The third-order valence-electron chi connectivity index (χ3n) is 3.97. The zero-order valence-corrected chi connectivity index (χ0v) is 18.0. The monoisotopic (exact) mass is 424 g/mol. The maximum atomic E-state index is 12.4. The standard InChI is InChI=1S/C20H28N2O6S/c1-5-26-19(27-6-2)11-21-18(23)13-29(24)12-17-14(3)28-20(22-17)15-8-7-9-16(10-15)25-4/h7-10,19H,5-6,11-13H2,1-4H3,(H,21,23)/t29-/m1/s1. The molecule has 2 aromatic rings. The summed E-state index contributed by atoms with van der Waals surface area (Å²) >= 11 is 0. The molecule has 1 N–H and O–H groups in total. The lowest BCUT2D eigenvalue weighted by molar-refractivity contribution is -0.139. The van der Waals surface area contributed by atoms with E-state index in [1.165, 1.54) is 0 Å². The Bertz CT molecular complexity index is 817. The number of aryl methyl sites for hydroxylation is 1. The van der Waals surface area contributed by atoms with Gasteiger partial charge in [0.1, 0.15) is 17.3 Å². The Kier molecular flexibility index (Phi) is 9.30. The SMILES string of the molecule is CCOC(CNC(=O)C[S@](=O)Cc1nc(-c2cccc(OC)c2)oc1C)OCC. The predicted molar refractivity (Wildman–Crippen MR) is 110 cm³/mol. The van der Waals surface area contributed by atoms with Crippen molar-refractivity contribution in [1.82, 2.24) is 10.3 Å². The zero-order chi connectivity index (χ0) is 21.2. The van der Waals surface area contributed by atoms with Gasteiger partial charge in [0.25, 0.3) is 0 Å². The number of hydrogen-bond donors (Lipinski definition) is 1. The fourth-order valence-corrected chi connectivity index (χ4v) is 3.65. The maximum Gasteiger partial charge on any atom is 0.232 e. The van der Waals surface area contributed by atoms with E-state index in [1.807, 2.05) is 38.1 Å². The first kappa shape index (κ1) is 23.1. The van der Waals surface area contributed by atoms with Crippen molar-refractivity contribution in [2.75, 3.05) is 32.6 Å². The molecule has 1 heterocycles. The van der Waals surface area contributed by atoms with Gasteiger partial charge in [0.05, 0.1) is 25.1 Å². The second-order valence-corrected chi connectivity index (χ2v) is 7.58. The van der Waals surface area contributed by atoms with Gasteiger partial charge in [-0.05, 0) is 39.0 Å². The van der Waals surface area contributed by atoms with Gasteiger partial charge in [-0.2, -0.15) is 0 Å². The Labute approximate surface area is 173 Å². The number of carbonyl (C=O) groups excluding carboxylic acids is 1. The smallest absolute Gasteiger partial charge is 0.232 e. The van der Waals surface area contributed by atoms with Crippen LogP contribution < -0.4 is 10.1 Å². The molecule has 0 radical (unpaired) electrons. The van der Waals surface area contributed by atoms with Crippen LogP contribution in [0.4, 0.5) is 0 Å². The predicted octanol–water partition coefficient (Wildman–Crippen LogP) is 2.42. The molecule has 9 heteroatoms. The molecule has 0 spiro atoms. The molecule has 8 nitrogen and oxygen atoms in total. The zero-order valence-electron chi connectivity index (χ0n) is 17.2. The number of aromatic nitrogens is 1. The minimum atomic E-state index is -1.42. The van der Waals surface area contributed by atoms with Crippen molar-refractivity contribution in [3.63, 3.8) is 0 Å². The average Bonchev–Trinajstić information content (AvgIpc) is 3.06. The van der Waals surface area contributed by atoms with E-state index in [-0.39, 0.29) is 24.0 Å². The molecule has 0 saturated heterocycles. The summed E-state index contributed by atoms with van der Waals surface area (Å²) in [5.74, 6) is 1.36. The number of amides is 1. The van der Waals surface area contributed by atoms with Gasteiger partial charge in [-0.1, -0.05) is 6.07 Å². The van der Waals surface area contributed by atoms with Gasteiger partial charge in [0.2, 0.25) is 11.8 Å². The number of nitrogens with zero attached hydrogens (tertiary/aromatic N) is 1. The van der Waals surface area contributed by atoms with Crippen LogP contribution in [-0.4, -0.2) is 54.0 Å². The fourth-order valence-electron chi connectivity index (χ4n) is 2.58. The third-order valence-corrected chi connectivity index (χ3v) is 5.15. The van der Waals surface area contributed by atoms with Crippen molar-refractivity contribution in [3.05, 3.63) is 35.7 Å². The van der Waals surface area contributed by atoms with Crippen LogP contribution in [-0.2, 0) is 30.8 Å². The molecule has 0 aliphatic rings. The van der Waals surface area contributed by atoms with E-state index >= 15 is 0 Å². The summed E-state index contributed by atoms with van der Waals surface area (Å²) in [6.45, 7) is 6.63. The van der Waals surface area contributed by atoms with E-state index < -0.39 is 17.1 Å². The van der Waals surface area contributed by atoms with Gasteiger partial charge in [0.15, 0.2) is 6.29 Å². The summed E-state index contributed by atoms with van der Waals surface area (Å²) in [7, 11) is 0.164. The van der Waals surface area contributed by atoms with E-state index in [1.54, 1.807) is 14.0 Å². The Hall–Kier alpha value is -2.23. The molecule has 0 aliphatic heterocycles. The van der Waals surface area contributed by atoms with Crippen LogP contribution in [0.1, 0.15) is 25.3 Å². The summed E-state index contributed by atoms with van der Waals surface area (Å²) in [5.41, 5.74) is 1.33. The van der Waals surface area contributed by atoms with Crippen LogP contribution in [0.5, 0.6) is 5.75 Å². The first-order valence-corrected chi connectivity index (χ1v) is 10.9. The van der Waals surface area contributed by atoms with Gasteiger partial charge < -0.3 is 23.9 Å². The number of ether oxygens (including phenoxy) is 3. The van der Waals surface area contributed by atoms with Crippen LogP contribution in [0.2, 0.25) is 0 Å². The van der Waals surface area contributed by atoms with E-state index in [2.05, 4.69) is 10.3 Å². The van der Waals surface area contributed by atoms with Crippen molar-refractivity contribution in [2.45, 2.75) is 32.8 Å². The number of hydrogen-bond acceptors (Lipinski definition) is 7. The van der Waals surface area contributed by atoms with Crippen LogP contribution in [0, 0.1) is 6.92 Å². The van der Waals surface area contributed by atoms with E-state index in [0.717, 1.165) is 5.56 Å². The van der Waals surface area contributed by atoms with Gasteiger partial charge in [0, 0.05) is 29.6 Å². The molecule has 0 saturated carbocycles. The average molecular weight is 425 g/mol. The second kappa shape index (κ2) is 11.7. The molecule has 1 amide bonds. The first-order chi connectivity index (χ1) is 14.0. The second-order valence-electron chi connectivity index (χ2n) is 6.13. The van der Waals surface area contributed by atoms with Crippen LogP contribution in [0.25, 0.3) is 11.5 Å². The number of benzene rings is 1. The van der Waals surface area contributed by atoms with Gasteiger partial charge >= 0.3 is 0 Å². The molecule has 1 aromatic heterocycles. The lowest BCUT2D eigenvalue weighted by atomic mass is 10.2. The van der Waals surface area contributed by atoms with Gasteiger partial charge in [-0.3, -0.25) is 9.00 Å². The minimum absolute atomic E-state index is 0.132. The van der Waals surface area contributed by atoms with Crippen LogP contribution in [0.3, 0.4) is 0 Å². The Morgan fingerprint density at radius 2 is 2.00 bits per heavy atom. The molecule has 29 heavy (non-hydrogen) atoms. The number of nitrogens with one attached hydrogen (secondary N) is 1. The van der Waals surface area contributed by atoms with E-state index in [4.69, 9.17) is 18.6 Å². The molecular weight excluding hydrogens is 396 g/mol. The number of carbonyl (C=O) groups is 1. The van der Waals surface area contributed by atoms with Crippen molar-refractivity contribution < 1.29 is 27.6 Å². The molecule has 1 aromatic carbocycles. The van der Waals surface area contributed by atoms with Crippen molar-refractivity contribution in [2.24, 2.45) is 0 Å². The van der Waals surface area contributed by atoms with E-state index in [9.17, 15) is 9.00 Å². The van der Waals surface area contributed by atoms with Gasteiger partial charge in [-0.25, -0.2) is 4.98 Å². The molecule has 2 rings (SSSR count). The van der Waals surface area contributed by atoms with Crippen molar-refractivity contribution in [1.29, 1.82) is 0 Å². The van der Waals surface area contributed by atoms with Crippen molar-refractivity contribution in [3.8, 4) is 17.2 Å². The molecular formula is C20H28N2O6S. The molecule has 0 unspecified atom stereocenters. The third kappa shape index (κ3) is 7.26. The highest BCUT2D eigenvalue weighted by atomic mass is 32.2. The lowest BCUT2D eigenvalue weighted by Gasteiger charge is -2.17.